The topological polar surface area (TPSA) is 113 Å². The molecule has 1 aliphatic heterocycles. The average Bonchev–Trinajstić information content (AvgIpc) is 2.73. The van der Waals surface area contributed by atoms with Crippen LogP contribution in [-0.2, 0) is 9.53 Å². The molecule has 31 heavy (non-hydrogen) atoms. The van der Waals surface area contributed by atoms with E-state index < -0.39 is 11.5 Å². The summed E-state index contributed by atoms with van der Waals surface area (Å²) in [4.78, 5) is 26.4. The van der Waals surface area contributed by atoms with Gasteiger partial charge in [0, 0.05) is 31.4 Å². The molecule has 1 aromatic rings. The van der Waals surface area contributed by atoms with E-state index in [0.29, 0.717) is 43.1 Å². The van der Waals surface area contributed by atoms with Crippen molar-refractivity contribution < 1.29 is 23.8 Å². The van der Waals surface area contributed by atoms with Crippen molar-refractivity contribution in [1.29, 1.82) is 5.26 Å². The molecular weight excluding hydrogens is 400 g/mol. The van der Waals surface area contributed by atoms with E-state index >= 15 is 0 Å². The molecule has 9 heteroatoms. The quantitative estimate of drug-likeness (QED) is 0.527. The highest BCUT2D eigenvalue weighted by Gasteiger charge is 2.26. The molecule has 1 saturated heterocycles. The second kappa shape index (κ2) is 10.6. The summed E-state index contributed by atoms with van der Waals surface area (Å²) in [6.45, 7) is 6.57. The van der Waals surface area contributed by atoms with Crippen LogP contribution in [0.15, 0.2) is 30.0 Å². The number of hydrogen-bond acceptors (Lipinski definition) is 7. The van der Waals surface area contributed by atoms with Crippen molar-refractivity contribution in [3.8, 4) is 17.6 Å². The summed E-state index contributed by atoms with van der Waals surface area (Å²) in [5.74, 6) is 0.440. The minimum atomic E-state index is -0.562. The first kappa shape index (κ1) is 23.9. The Balaban J connectivity index is 1.94. The molecule has 0 aromatic heterocycles. The summed E-state index contributed by atoms with van der Waals surface area (Å²) in [6.07, 6.45) is 2.45. The first-order chi connectivity index (χ1) is 14.7. The fraction of sp³-hybridized carbons (Fsp3) is 0.500. The number of likely N-dealkylation sites (tertiary alicyclic amines) is 1. The van der Waals surface area contributed by atoms with Crippen molar-refractivity contribution in [3.63, 3.8) is 0 Å². The molecular formula is C22H30N4O5. The Labute approximate surface area is 182 Å². The van der Waals surface area contributed by atoms with E-state index in [1.807, 2.05) is 26.8 Å². The van der Waals surface area contributed by atoms with Gasteiger partial charge in [0.2, 0.25) is 0 Å². The molecule has 0 bridgehead atoms. The van der Waals surface area contributed by atoms with Gasteiger partial charge in [-0.15, -0.1) is 0 Å². The molecule has 1 fully saturated rings. The molecule has 0 radical (unpaired) electrons. The first-order valence-electron chi connectivity index (χ1n) is 10.0. The van der Waals surface area contributed by atoms with Crippen LogP contribution in [0.1, 0.15) is 33.6 Å². The van der Waals surface area contributed by atoms with Crippen LogP contribution in [0.2, 0.25) is 0 Å². The lowest BCUT2D eigenvalue weighted by Crippen LogP contribution is -2.45. The van der Waals surface area contributed by atoms with Crippen LogP contribution in [0.4, 0.5) is 10.5 Å². The van der Waals surface area contributed by atoms with E-state index in [-0.39, 0.29) is 17.7 Å². The molecule has 2 rings (SSSR count). The predicted octanol–water partition coefficient (Wildman–Crippen LogP) is 3.04. The predicted molar refractivity (Wildman–Crippen MR) is 116 cm³/mol. The van der Waals surface area contributed by atoms with E-state index in [9.17, 15) is 14.9 Å². The fourth-order valence-corrected chi connectivity index (χ4v) is 3.01. The van der Waals surface area contributed by atoms with Crippen molar-refractivity contribution in [2.24, 2.45) is 0 Å². The standard InChI is InChI=1S/C22H30N4O5/c1-22(2,3)31-21(28)26-10-8-16(9-11-26)24-14-15(13-23)20(27)25-18-12-17(29-4)6-7-19(18)30-5/h6-7,12,14,16,24H,8-11H2,1-5H3,(H,25,27)/b15-14-. The van der Waals surface area contributed by atoms with E-state index in [1.165, 1.54) is 20.4 Å². The number of carbonyl (C=O) groups excluding carboxylic acids is 2. The summed E-state index contributed by atoms with van der Waals surface area (Å²) in [5.41, 5.74) is -0.201. The van der Waals surface area contributed by atoms with E-state index in [0.717, 1.165) is 0 Å². The van der Waals surface area contributed by atoms with Crippen LogP contribution in [-0.4, -0.2) is 55.9 Å². The molecule has 0 saturated carbocycles. The molecule has 9 nitrogen and oxygen atoms in total. The van der Waals surface area contributed by atoms with Crippen LogP contribution in [0.3, 0.4) is 0 Å². The molecule has 0 unspecified atom stereocenters. The number of nitrogens with one attached hydrogen (secondary N) is 2. The van der Waals surface area contributed by atoms with Gasteiger partial charge in [0.25, 0.3) is 5.91 Å². The number of piperidine rings is 1. The largest absolute Gasteiger partial charge is 0.497 e. The molecule has 1 aliphatic rings. The number of nitrogens with zero attached hydrogens (tertiary/aromatic N) is 2. The van der Waals surface area contributed by atoms with Crippen molar-refractivity contribution in [2.75, 3.05) is 32.6 Å². The first-order valence-corrected chi connectivity index (χ1v) is 10.0. The third-order valence-corrected chi connectivity index (χ3v) is 4.63. The zero-order chi connectivity index (χ0) is 23.0. The third kappa shape index (κ3) is 7.10. The molecule has 1 heterocycles. The maximum Gasteiger partial charge on any atom is 0.410 e. The number of anilines is 1. The average molecular weight is 431 g/mol. The van der Waals surface area contributed by atoms with Crippen LogP contribution < -0.4 is 20.1 Å². The SMILES string of the molecule is COc1ccc(OC)c(NC(=O)/C(C#N)=C\NC2CCN(C(=O)OC(C)(C)C)CC2)c1. The maximum absolute atomic E-state index is 12.6. The minimum absolute atomic E-state index is 0.0428. The highest BCUT2D eigenvalue weighted by atomic mass is 16.6. The number of ether oxygens (including phenoxy) is 3. The number of nitriles is 1. The summed E-state index contributed by atoms with van der Waals surface area (Å²) in [7, 11) is 3.01. The van der Waals surface area contributed by atoms with Crippen molar-refractivity contribution >= 4 is 17.7 Å². The van der Waals surface area contributed by atoms with Crippen molar-refractivity contribution in [3.05, 3.63) is 30.0 Å². The van der Waals surface area contributed by atoms with Gasteiger partial charge in [-0.25, -0.2) is 4.79 Å². The minimum Gasteiger partial charge on any atom is -0.497 e. The summed E-state index contributed by atoms with van der Waals surface area (Å²) in [6, 6.07) is 6.95. The molecule has 0 aliphatic carbocycles. The third-order valence-electron chi connectivity index (χ3n) is 4.63. The molecule has 0 spiro atoms. The lowest BCUT2D eigenvalue weighted by molar-refractivity contribution is -0.112. The summed E-state index contributed by atoms with van der Waals surface area (Å²) < 4.78 is 15.8. The lowest BCUT2D eigenvalue weighted by Gasteiger charge is -2.33. The van der Waals surface area contributed by atoms with Gasteiger partial charge in [-0.05, 0) is 45.7 Å². The van der Waals surface area contributed by atoms with Gasteiger partial charge in [0.05, 0.1) is 19.9 Å². The monoisotopic (exact) mass is 430 g/mol. The number of amides is 2. The lowest BCUT2D eigenvalue weighted by atomic mass is 10.1. The number of hydrogen-bond donors (Lipinski definition) is 2. The molecule has 2 N–H and O–H groups in total. The molecule has 168 valence electrons. The Morgan fingerprint density at radius 3 is 2.42 bits per heavy atom. The Kier molecular flexibility index (Phi) is 8.14. The number of benzene rings is 1. The Morgan fingerprint density at radius 2 is 1.87 bits per heavy atom. The van der Waals surface area contributed by atoms with Crippen LogP contribution in [0, 0.1) is 11.3 Å². The second-order valence-corrected chi connectivity index (χ2v) is 8.10. The molecule has 0 atom stereocenters. The van der Waals surface area contributed by atoms with Crippen molar-refractivity contribution in [2.45, 2.75) is 45.3 Å². The zero-order valence-corrected chi connectivity index (χ0v) is 18.7. The Bertz CT molecular complexity index is 862. The van der Waals surface area contributed by atoms with Gasteiger partial charge >= 0.3 is 6.09 Å². The maximum atomic E-state index is 12.6. The van der Waals surface area contributed by atoms with Gasteiger partial charge in [-0.3, -0.25) is 4.79 Å². The highest BCUT2D eigenvalue weighted by Crippen LogP contribution is 2.29. The summed E-state index contributed by atoms with van der Waals surface area (Å²) >= 11 is 0. The highest BCUT2D eigenvalue weighted by molar-refractivity contribution is 6.07. The Morgan fingerprint density at radius 1 is 1.19 bits per heavy atom. The second-order valence-electron chi connectivity index (χ2n) is 8.10. The fourth-order valence-electron chi connectivity index (χ4n) is 3.01. The normalized spacial score (nSPS) is 15.0. The smallest absolute Gasteiger partial charge is 0.410 e. The van der Waals surface area contributed by atoms with Gasteiger partial charge < -0.3 is 29.7 Å². The molecule has 2 amide bonds. The zero-order valence-electron chi connectivity index (χ0n) is 18.7. The van der Waals surface area contributed by atoms with Crippen molar-refractivity contribution in [1.82, 2.24) is 10.2 Å². The van der Waals surface area contributed by atoms with Gasteiger partial charge in [0.1, 0.15) is 28.7 Å². The van der Waals surface area contributed by atoms with Crippen LogP contribution in [0.5, 0.6) is 11.5 Å². The van der Waals surface area contributed by atoms with Crippen LogP contribution >= 0.6 is 0 Å². The van der Waals surface area contributed by atoms with E-state index in [1.54, 1.807) is 23.1 Å². The summed E-state index contributed by atoms with van der Waals surface area (Å²) in [5, 5.41) is 15.2. The van der Waals surface area contributed by atoms with E-state index in [2.05, 4.69) is 10.6 Å². The number of methoxy groups -OCH3 is 2. The number of rotatable bonds is 6. The van der Waals surface area contributed by atoms with Crippen LogP contribution in [0.25, 0.3) is 0 Å². The number of carbonyl (C=O) groups is 2. The van der Waals surface area contributed by atoms with Gasteiger partial charge in [0.15, 0.2) is 0 Å². The van der Waals surface area contributed by atoms with E-state index in [4.69, 9.17) is 14.2 Å². The Hall–Kier alpha value is -3.41. The van der Waals surface area contributed by atoms with Gasteiger partial charge in [-0.2, -0.15) is 5.26 Å². The molecule has 1 aromatic carbocycles. The van der Waals surface area contributed by atoms with Gasteiger partial charge in [-0.1, -0.05) is 0 Å².